The highest BCUT2D eigenvalue weighted by molar-refractivity contribution is 4.68. The minimum atomic E-state index is -0.116. The maximum Gasteiger partial charge on any atom is 0.0707 e. The molecular weight excluding hydrogens is 166 g/mol. The van der Waals surface area contributed by atoms with E-state index in [1.165, 1.54) is 0 Å². The third-order valence-electron chi connectivity index (χ3n) is 1.77. The minimum absolute atomic E-state index is 0.116. The van der Waals surface area contributed by atoms with Gasteiger partial charge in [-0.3, -0.25) is 0 Å². The predicted octanol–water partition coefficient (Wildman–Crippen LogP) is 1.56. The van der Waals surface area contributed by atoms with Crippen molar-refractivity contribution in [3.05, 3.63) is 0 Å². The molecule has 0 fully saturated rings. The molecule has 3 nitrogen and oxygen atoms in total. The van der Waals surface area contributed by atoms with Crippen LogP contribution in [0.2, 0.25) is 0 Å². The number of ether oxygens (including phenoxy) is 2. The molecule has 0 aromatic rings. The van der Waals surface area contributed by atoms with E-state index in [1.807, 2.05) is 13.8 Å². The van der Waals surface area contributed by atoms with Gasteiger partial charge < -0.3 is 15.2 Å². The molecule has 0 amide bonds. The minimum Gasteiger partial charge on any atom is -0.376 e. The highest BCUT2D eigenvalue weighted by Gasteiger charge is 2.16. The summed E-state index contributed by atoms with van der Waals surface area (Å²) in [5.41, 5.74) is 5.34. The molecule has 0 aliphatic rings. The topological polar surface area (TPSA) is 44.5 Å². The van der Waals surface area contributed by atoms with Crippen LogP contribution < -0.4 is 5.73 Å². The van der Waals surface area contributed by atoms with Crippen molar-refractivity contribution >= 4 is 0 Å². The van der Waals surface area contributed by atoms with Crippen molar-refractivity contribution < 1.29 is 9.47 Å². The summed E-state index contributed by atoms with van der Waals surface area (Å²) < 4.78 is 11.0. The van der Waals surface area contributed by atoms with E-state index in [0.29, 0.717) is 19.8 Å². The van der Waals surface area contributed by atoms with Gasteiger partial charge in [0.2, 0.25) is 0 Å². The van der Waals surface area contributed by atoms with Crippen LogP contribution in [0.5, 0.6) is 0 Å². The fourth-order valence-electron chi connectivity index (χ4n) is 1.02. The molecule has 0 saturated carbocycles. The Balaban J connectivity index is 3.40. The largest absolute Gasteiger partial charge is 0.376 e. The Morgan fingerprint density at radius 2 is 1.85 bits per heavy atom. The molecule has 0 aromatic carbocycles. The second kappa shape index (κ2) is 6.35. The molecule has 13 heavy (non-hydrogen) atoms. The molecule has 0 saturated heterocycles. The summed E-state index contributed by atoms with van der Waals surface area (Å²) in [7, 11) is 0. The first-order chi connectivity index (χ1) is 5.98. The first-order valence-electron chi connectivity index (χ1n) is 4.93. The Hall–Kier alpha value is -0.120. The molecule has 0 aromatic heterocycles. The lowest BCUT2D eigenvalue weighted by Crippen LogP contribution is -2.29. The van der Waals surface area contributed by atoms with Gasteiger partial charge in [0.05, 0.1) is 24.9 Å². The van der Waals surface area contributed by atoms with Crippen molar-refractivity contribution in [2.24, 2.45) is 5.73 Å². The lowest BCUT2D eigenvalue weighted by Gasteiger charge is -2.24. The molecule has 80 valence electrons. The summed E-state index contributed by atoms with van der Waals surface area (Å²) in [6.45, 7) is 10.1. The van der Waals surface area contributed by atoms with E-state index >= 15 is 0 Å². The lowest BCUT2D eigenvalue weighted by atomic mass is 10.1. The molecule has 0 unspecified atom stereocenters. The zero-order valence-corrected chi connectivity index (χ0v) is 9.30. The predicted molar refractivity (Wildman–Crippen MR) is 54.8 cm³/mol. The molecule has 2 N–H and O–H groups in total. The third-order valence-corrected chi connectivity index (χ3v) is 1.77. The Morgan fingerprint density at radius 3 is 2.31 bits per heavy atom. The first kappa shape index (κ1) is 12.9. The molecule has 0 aliphatic heterocycles. The zero-order chi connectivity index (χ0) is 10.3. The van der Waals surface area contributed by atoms with Crippen LogP contribution in [0.15, 0.2) is 0 Å². The Kier molecular flexibility index (Phi) is 6.29. The van der Waals surface area contributed by atoms with Crippen molar-refractivity contribution in [1.29, 1.82) is 0 Å². The summed E-state index contributed by atoms with van der Waals surface area (Å²) in [6, 6.07) is 0. The van der Waals surface area contributed by atoms with Gasteiger partial charge in [0.15, 0.2) is 0 Å². The van der Waals surface area contributed by atoms with E-state index in [2.05, 4.69) is 13.8 Å². The number of nitrogens with two attached hydrogens (primary N) is 1. The number of hydrogen-bond donors (Lipinski definition) is 1. The van der Waals surface area contributed by atoms with Crippen LogP contribution in [-0.2, 0) is 9.47 Å². The first-order valence-corrected chi connectivity index (χ1v) is 4.93. The van der Waals surface area contributed by atoms with E-state index in [9.17, 15) is 0 Å². The normalized spacial score (nSPS) is 12.5. The second-order valence-electron chi connectivity index (χ2n) is 4.07. The maximum atomic E-state index is 5.62. The average molecular weight is 189 g/mol. The molecule has 0 heterocycles. The van der Waals surface area contributed by atoms with Gasteiger partial charge in [-0.05, 0) is 40.7 Å². The molecule has 3 heteroatoms. The molecular formula is C10H23NO2. The summed E-state index contributed by atoms with van der Waals surface area (Å²) in [4.78, 5) is 0. The Bertz CT molecular complexity index is 124. The summed E-state index contributed by atoms with van der Waals surface area (Å²) in [6.07, 6.45) is 1.16. The van der Waals surface area contributed by atoms with Gasteiger partial charge >= 0.3 is 0 Å². The van der Waals surface area contributed by atoms with Crippen LogP contribution in [0.3, 0.4) is 0 Å². The molecule has 0 spiro atoms. The van der Waals surface area contributed by atoms with Gasteiger partial charge in [0.25, 0.3) is 0 Å². The van der Waals surface area contributed by atoms with Crippen molar-refractivity contribution in [2.45, 2.75) is 45.8 Å². The SMILES string of the molecule is CC(C)OCCOC(C)(C)CCN. The average Bonchev–Trinajstić information content (AvgIpc) is 1.98. The van der Waals surface area contributed by atoms with E-state index in [1.54, 1.807) is 0 Å². The molecule has 0 rings (SSSR count). The molecule has 0 bridgehead atoms. The van der Waals surface area contributed by atoms with Crippen LogP contribution in [-0.4, -0.2) is 31.5 Å². The van der Waals surface area contributed by atoms with Crippen molar-refractivity contribution in [3.63, 3.8) is 0 Å². The van der Waals surface area contributed by atoms with Crippen molar-refractivity contribution in [3.8, 4) is 0 Å². The van der Waals surface area contributed by atoms with E-state index in [-0.39, 0.29) is 11.7 Å². The summed E-state index contributed by atoms with van der Waals surface area (Å²) in [5.74, 6) is 0. The van der Waals surface area contributed by atoms with E-state index < -0.39 is 0 Å². The monoisotopic (exact) mass is 189 g/mol. The van der Waals surface area contributed by atoms with E-state index in [4.69, 9.17) is 15.2 Å². The lowest BCUT2D eigenvalue weighted by molar-refractivity contribution is -0.0576. The fraction of sp³-hybridized carbons (Fsp3) is 1.00. The number of hydrogen-bond acceptors (Lipinski definition) is 3. The number of rotatable bonds is 7. The van der Waals surface area contributed by atoms with Crippen LogP contribution in [0.1, 0.15) is 34.1 Å². The van der Waals surface area contributed by atoms with Gasteiger partial charge in [-0.15, -0.1) is 0 Å². The quantitative estimate of drug-likeness (QED) is 0.618. The van der Waals surface area contributed by atoms with Crippen LogP contribution in [0.4, 0.5) is 0 Å². The van der Waals surface area contributed by atoms with Crippen LogP contribution >= 0.6 is 0 Å². The maximum absolute atomic E-state index is 5.62. The fourth-order valence-corrected chi connectivity index (χ4v) is 1.02. The summed E-state index contributed by atoms with van der Waals surface area (Å²) >= 11 is 0. The highest BCUT2D eigenvalue weighted by Crippen LogP contribution is 2.12. The highest BCUT2D eigenvalue weighted by atomic mass is 16.5. The van der Waals surface area contributed by atoms with Crippen LogP contribution in [0, 0.1) is 0 Å². The Labute approximate surface area is 81.6 Å². The van der Waals surface area contributed by atoms with Gasteiger partial charge in [-0.2, -0.15) is 0 Å². The van der Waals surface area contributed by atoms with Crippen molar-refractivity contribution in [2.75, 3.05) is 19.8 Å². The van der Waals surface area contributed by atoms with Crippen LogP contribution in [0.25, 0.3) is 0 Å². The molecule has 0 radical (unpaired) electrons. The van der Waals surface area contributed by atoms with Gasteiger partial charge in [-0.1, -0.05) is 0 Å². The standard InChI is InChI=1S/C10H23NO2/c1-9(2)12-7-8-13-10(3,4)5-6-11/h9H,5-8,11H2,1-4H3. The second-order valence-corrected chi connectivity index (χ2v) is 4.07. The zero-order valence-electron chi connectivity index (χ0n) is 9.30. The Morgan fingerprint density at radius 1 is 1.23 bits per heavy atom. The van der Waals surface area contributed by atoms with Gasteiger partial charge in [-0.25, -0.2) is 0 Å². The molecule has 0 atom stereocenters. The summed E-state index contributed by atoms with van der Waals surface area (Å²) in [5, 5.41) is 0. The van der Waals surface area contributed by atoms with Crippen molar-refractivity contribution in [1.82, 2.24) is 0 Å². The van der Waals surface area contributed by atoms with Gasteiger partial charge in [0.1, 0.15) is 0 Å². The molecule has 0 aliphatic carbocycles. The van der Waals surface area contributed by atoms with E-state index in [0.717, 1.165) is 6.42 Å². The smallest absolute Gasteiger partial charge is 0.0707 e. The third kappa shape index (κ3) is 8.22. The van der Waals surface area contributed by atoms with Gasteiger partial charge in [0, 0.05) is 0 Å².